The first-order valence-corrected chi connectivity index (χ1v) is 6.16. The molecule has 2 aromatic rings. The van der Waals surface area contributed by atoms with Gasteiger partial charge in [-0.05, 0) is 24.2 Å². The lowest BCUT2D eigenvalue weighted by molar-refractivity contribution is 0.356. The standard InChI is InChI=1S/C16H19N2/c1-18(12-11-14-7-3-2-4-8-14)13-15-9-5-6-10-16(15)17/h2-11H,12-13,17H2,1H3. The van der Waals surface area contributed by atoms with Crippen molar-refractivity contribution in [3.63, 3.8) is 0 Å². The van der Waals surface area contributed by atoms with Crippen molar-refractivity contribution in [3.8, 4) is 0 Å². The van der Waals surface area contributed by atoms with Crippen molar-refractivity contribution in [3.05, 3.63) is 72.1 Å². The number of hydrogen-bond donors (Lipinski definition) is 1. The van der Waals surface area contributed by atoms with Crippen LogP contribution in [0.15, 0.2) is 54.6 Å². The average molecular weight is 239 g/mol. The second kappa shape index (κ2) is 6.22. The first-order chi connectivity index (χ1) is 8.75. The number of likely N-dealkylation sites (N-methyl/N-ethyl adjacent to an activating group) is 1. The molecule has 0 spiro atoms. The SMILES string of the molecule is CN(C[CH]c1ccccc1)Cc1ccccc1N. The monoisotopic (exact) mass is 239 g/mol. The van der Waals surface area contributed by atoms with Crippen LogP contribution in [0.2, 0.25) is 0 Å². The van der Waals surface area contributed by atoms with Crippen LogP contribution in [-0.2, 0) is 6.54 Å². The molecular formula is C16H19N2. The fraction of sp³-hybridized carbons (Fsp3) is 0.188. The molecule has 0 unspecified atom stereocenters. The number of anilines is 1. The highest BCUT2D eigenvalue weighted by molar-refractivity contribution is 5.46. The van der Waals surface area contributed by atoms with E-state index in [1.54, 1.807) is 0 Å². The maximum atomic E-state index is 5.94. The van der Waals surface area contributed by atoms with E-state index >= 15 is 0 Å². The Balaban J connectivity index is 1.86. The summed E-state index contributed by atoms with van der Waals surface area (Å²) in [6, 6.07) is 18.4. The average Bonchev–Trinajstić information content (AvgIpc) is 2.40. The molecule has 0 atom stereocenters. The highest BCUT2D eigenvalue weighted by Gasteiger charge is 2.03. The largest absolute Gasteiger partial charge is 0.398 e. The normalized spacial score (nSPS) is 10.8. The Morgan fingerprint density at radius 3 is 2.39 bits per heavy atom. The summed E-state index contributed by atoms with van der Waals surface area (Å²) in [7, 11) is 2.10. The van der Waals surface area contributed by atoms with E-state index in [4.69, 9.17) is 5.73 Å². The Bertz CT molecular complexity index is 479. The van der Waals surface area contributed by atoms with Crippen LogP contribution in [0.25, 0.3) is 0 Å². The summed E-state index contributed by atoms with van der Waals surface area (Å²) < 4.78 is 0. The van der Waals surface area contributed by atoms with Crippen LogP contribution in [0.4, 0.5) is 5.69 Å². The number of para-hydroxylation sites is 1. The van der Waals surface area contributed by atoms with Gasteiger partial charge in [0.2, 0.25) is 0 Å². The van der Waals surface area contributed by atoms with Crippen LogP contribution in [0.5, 0.6) is 0 Å². The van der Waals surface area contributed by atoms with Crippen molar-refractivity contribution in [2.24, 2.45) is 0 Å². The van der Waals surface area contributed by atoms with E-state index in [1.807, 2.05) is 24.3 Å². The molecule has 0 aromatic heterocycles. The maximum absolute atomic E-state index is 5.94. The molecule has 0 heterocycles. The van der Waals surface area contributed by atoms with Gasteiger partial charge >= 0.3 is 0 Å². The fourth-order valence-electron chi connectivity index (χ4n) is 1.88. The Hall–Kier alpha value is -1.80. The molecule has 2 aromatic carbocycles. The molecule has 0 aliphatic carbocycles. The molecule has 0 saturated heterocycles. The molecule has 2 rings (SSSR count). The minimum absolute atomic E-state index is 0.865. The van der Waals surface area contributed by atoms with E-state index in [0.717, 1.165) is 18.8 Å². The molecule has 0 aliphatic rings. The van der Waals surface area contributed by atoms with Gasteiger partial charge in [-0.3, -0.25) is 0 Å². The predicted octanol–water partition coefficient (Wildman–Crippen LogP) is 2.95. The number of hydrogen-bond acceptors (Lipinski definition) is 2. The lowest BCUT2D eigenvalue weighted by Crippen LogP contribution is -2.20. The van der Waals surface area contributed by atoms with Gasteiger partial charge in [-0.25, -0.2) is 0 Å². The van der Waals surface area contributed by atoms with Crippen LogP contribution in [-0.4, -0.2) is 18.5 Å². The summed E-state index contributed by atoms with van der Waals surface area (Å²) in [5.41, 5.74) is 9.24. The molecular weight excluding hydrogens is 220 g/mol. The highest BCUT2D eigenvalue weighted by Crippen LogP contribution is 2.13. The Kier molecular flexibility index (Phi) is 4.37. The topological polar surface area (TPSA) is 29.3 Å². The van der Waals surface area contributed by atoms with Crippen molar-refractivity contribution in [1.29, 1.82) is 0 Å². The van der Waals surface area contributed by atoms with E-state index in [1.165, 1.54) is 11.1 Å². The van der Waals surface area contributed by atoms with Gasteiger partial charge in [0.05, 0.1) is 0 Å². The molecule has 0 amide bonds. The zero-order valence-electron chi connectivity index (χ0n) is 10.7. The van der Waals surface area contributed by atoms with E-state index < -0.39 is 0 Å². The minimum atomic E-state index is 0.865. The second-order valence-corrected chi connectivity index (χ2v) is 4.51. The molecule has 2 heteroatoms. The van der Waals surface area contributed by atoms with Gasteiger partial charge in [0.15, 0.2) is 0 Å². The van der Waals surface area contributed by atoms with Gasteiger partial charge in [0, 0.05) is 25.2 Å². The van der Waals surface area contributed by atoms with E-state index in [2.05, 4.69) is 48.7 Å². The molecule has 0 aliphatic heterocycles. The van der Waals surface area contributed by atoms with E-state index in [0.29, 0.717) is 0 Å². The third kappa shape index (κ3) is 3.60. The van der Waals surface area contributed by atoms with E-state index in [9.17, 15) is 0 Å². The predicted molar refractivity (Wildman–Crippen MR) is 77.0 cm³/mol. The number of benzene rings is 2. The first kappa shape index (κ1) is 12.7. The van der Waals surface area contributed by atoms with Crippen LogP contribution in [0, 0.1) is 6.42 Å². The van der Waals surface area contributed by atoms with Crippen molar-refractivity contribution < 1.29 is 0 Å². The number of nitrogens with zero attached hydrogens (tertiary/aromatic N) is 1. The lowest BCUT2D eigenvalue weighted by Gasteiger charge is -2.17. The molecule has 2 N–H and O–H groups in total. The van der Waals surface area contributed by atoms with Crippen LogP contribution >= 0.6 is 0 Å². The molecule has 1 radical (unpaired) electrons. The third-order valence-electron chi connectivity index (χ3n) is 2.93. The van der Waals surface area contributed by atoms with Gasteiger partial charge in [-0.1, -0.05) is 48.5 Å². The fourth-order valence-corrected chi connectivity index (χ4v) is 1.88. The minimum Gasteiger partial charge on any atom is -0.398 e. The molecule has 0 bridgehead atoms. The zero-order valence-corrected chi connectivity index (χ0v) is 10.7. The molecule has 93 valence electrons. The third-order valence-corrected chi connectivity index (χ3v) is 2.93. The highest BCUT2D eigenvalue weighted by atomic mass is 15.1. The summed E-state index contributed by atoms with van der Waals surface area (Å²) in [5, 5.41) is 0. The molecule has 0 fully saturated rings. The Labute approximate surface area is 109 Å². The number of nitrogen functional groups attached to an aromatic ring is 1. The summed E-state index contributed by atoms with van der Waals surface area (Å²) in [5.74, 6) is 0. The van der Waals surface area contributed by atoms with Crippen LogP contribution in [0.3, 0.4) is 0 Å². The number of rotatable bonds is 5. The van der Waals surface area contributed by atoms with Gasteiger partial charge in [-0.2, -0.15) is 0 Å². The number of nitrogens with two attached hydrogens (primary N) is 1. The zero-order chi connectivity index (χ0) is 12.8. The molecule has 2 nitrogen and oxygen atoms in total. The van der Waals surface area contributed by atoms with Crippen LogP contribution < -0.4 is 5.73 Å². The van der Waals surface area contributed by atoms with Crippen molar-refractivity contribution in [1.82, 2.24) is 4.90 Å². The molecule has 0 saturated carbocycles. The van der Waals surface area contributed by atoms with Gasteiger partial charge < -0.3 is 10.6 Å². The summed E-state index contributed by atoms with van der Waals surface area (Å²) in [6.07, 6.45) is 2.22. The van der Waals surface area contributed by atoms with E-state index in [-0.39, 0.29) is 0 Å². The Morgan fingerprint density at radius 1 is 1.00 bits per heavy atom. The van der Waals surface area contributed by atoms with Gasteiger partial charge in [0.1, 0.15) is 0 Å². The quantitative estimate of drug-likeness (QED) is 0.813. The van der Waals surface area contributed by atoms with Gasteiger partial charge in [-0.15, -0.1) is 0 Å². The summed E-state index contributed by atoms with van der Waals surface area (Å²) in [6.45, 7) is 1.79. The smallest absolute Gasteiger partial charge is 0.0359 e. The Morgan fingerprint density at radius 2 is 1.67 bits per heavy atom. The van der Waals surface area contributed by atoms with Crippen molar-refractivity contribution in [2.75, 3.05) is 19.3 Å². The second-order valence-electron chi connectivity index (χ2n) is 4.51. The van der Waals surface area contributed by atoms with Crippen molar-refractivity contribution >= 4 is 5.69 Å². The van der Waals surface area contributed by atoms with Gasteiger partial charge in [0.25, 0.3) is 0 Å². The van der Waals surface area contributed by atoms with Crippen molar-refractivity contribution in [2.45, 2.75) is 6.54 Å². The molecule has 18 heavy (non-hydrogen) atoms. The summed E-state index contributed by atoms with van der Waals surface area (Å²) >= 11 is 0. The van der Waals surface area contributed by atoms with Crippen LogP contribution in [0.1, 0.15) is 11.1 Å². The maximum Gasteiger partial charge on any atom is 0.0359 e. The first-order valence-electron chi connectivity index (χ1n) is 6.16. The summed E-state index contributed by atoms with van der Waals surface area (Å²) in [4.78, 5) is 2.25. The lowest BCUT2D eigenvalue weighted by atomic mass is 10.1.